The molecule has 1 aliphatic rings. The fraction of sp³-hybridized carbons (Fsp3) is 0.0455. The van der Waals surface area contributed by atoms with Gasteiger partial charge in [-0.05, 0) is 67.0 Å². The minimum atomic E-state index is 0.657. The van der Waals surface area contributed by atoms with Crippen LogP contribution in [0.1, 0.15) is 18.5 Å². The zero-order valence-electron chi connectivity index (χ0n) is 26.5. The summed E-state index contributed by atoms with van der Waals surface area (Å²) in [5.41, 5.74) is 10.6. The van der Waals surface area contributed by atoms with Crippen LogP contribution in [0.25, 0.3) is 93.7 Å². The first-order chi connectivity index (χ1) is 24.3. The summed E-state index contributed by atoms with van der Waals surface area (Å²) in [6, 6.07) is 46.9. The van der Waals surface area contributed by atoms with Gasteiger partial charge in [-0.3, -0.25) is 4.57 Å². The Kier molecular flexibility index (Phi) is 5.44. The Balaban J connectivity index is 1.16. The Labute approximate surface area is 280 Å². The number of nitrogens with zero attached hydrogens (tertiary/aromatic N) is 4. The SMILES string of the molecule is C1=C(c2nc(-n3c4ccccc4c4c5oc6ccccc6c5ccc43)nc3ccccc23)CCC=C1n1c2ccccc2c2ccccc21. The molecule has 0 amide bonds. The van der Waals surface area contributed by atoms with Crippen LogP contribution in [-0.2, 0) is 0 Å². The van der Waals surface area contributed by atoms with Gasteiger partial charge in [0.25, 0.3) is 0 Å². The average molecular weight is 629 g/mol. The van der Waals surface area contributed by atoms with Gasteiger partial charge in [0.15, 0.2) is 0 Å². The molecule has 4 heterocycles. The highest BCUT2D eigenvalue weighted by molar-refractivity contribution is 6.23. The molecule has 0 saturated heterocycles. The van der Waals surface area contributed by atoms with Gasteiger partial charge in [0.05, 0.1) is 38.7 Å². The van der Waals surface area contributed by atoms with Crippen molar-refractivity contribution in [2.24, 2.45) is 0 Å². The Morgan fingerprint density at radius 1 is 0.510 bits per heavy atom. The lowest BCUT2D eigenvalue weighted by Gasteiger charge is -2.18. The van der Waals surface area contributed by atoms with Crippen LogP contribution < -0.4 is 0 Å². The van der Waals surface area contributed by atoms with Crippen LogP contribution in [0.4, 0.5) is 0 Å². The zero-order chi connectivity index (χ0) is 32.1. The number of allylic oxidation sites excluding steroid dienone is 4. The first-order valence-corrected chi connectivity index (χ1v) is 16.8. The van der Waals surface area contributed by atoms with Crippen LogP contribution in [0.3, 0.4) is 0 Å². The minimum Gasteiger partial charge on any atom is -0.455 e. The van der Waals surface area contributed by atoms with E-state index < -0.39 is 0 Å². The number of hydrogen-bond donors (Lipinski definition) is 0. The topological polar surface area (TPSA) is 48.8 Å². The van der Waals surface area contributed by atoms with Crippen molar-refractivity contribution < 1.29 is 4.42 Å². The predicted molar refractivity (Wildman–Crippen MR) is 202 cm³/mol. The lowest BCUT2D eigenvalue weighted by molar-refractivity contribution is 0.673. The van der Waals surface area contributed by atoms with Crippen molar-refractivity contribution in [1.29, 1.82) is 0 Å². The summed E-state index contributed by atoms with van der Waals surface area (Å²) in [5.74, 6) is 0.657. The van der Waals surface area contributed by atoms with Gasteiger partial charge >= 0.3 is 0 Å². The van der Waals surface area contributed by atoms with Crippen LogP contribution in [0.2, 0.25) is 0 Å². The van der Waals surface area contributed by atoms with Crippen molar-refractivity contribution in [2.45, 2.75) is 12.8 Å². The number of para-hydroxylation sites is 5. The molecular weight excluding hydrogens is 601 g/mol. The quantitative estimate of drug-likeness (QED) is 0.196. The largest absolute Gasteiger partial charge is 0.455 e. The smallest absolute Gasteiger partial charge is 0.235 e. The Bertz CT molecular complexity index is 3010. The van der Waals surface area contributed by atoms with E-state index in [1.165, 1.54) is 33.1 Å². The van der Waals surface area contributed by atoms with Crippen LogP contribution in [0, 0.1) is 0 Å². The molecule has 11 rings (SSSR count). The molecule has 0 bridgehead atoms. The molecule has 230 valence electrons. The maximum atomic E-state index is 6.55. The molecule has 0 unspecified atom stereocenters. The summed E-state index contributed by atoms with van der Waals surface area (Å²) in [6.45, 7) is 0. The first kappa shape index (κ1) is 26.6. The van der Waals surface area contributed by atoms with Gasteiger partial charge < -0.3 is 8.98 Å². The van der Waals surface area contributed by atoms with E-state index in [2.05, 4.69) is 143 Å². The highest BCUT2D eigenvalue weighted by Gasteiger charge is 2.22. The monoisotopic (exact) mass is 628 g/mol. The first-order valence-electron chi connectivity index (χ1n) is 16.8. The Morgan fingerprint density at radius 3 is 1.92 bits per heavy atom. The van der Waals surface area contributed by atoms with Gasteiger partial charge in [0.1, 0.15) is 11.2 Å². The summed E-state index contributed by atoms with van der Waals surface area (Å²) < 4.78 is 11.2. The number of benzene rings is 6. The molecule has 10 aromatic rings. The summed E-state index contributed by atoms with van der Waals surface area (Å²) in [6.07, 6.45) is 6.52. The number of furan rings is 1. The van der Waals surface area contributed by atoms with E-state index in [9.17, 15) is 0 Å². The standard InChI is InChI=1S/C44H28N4O/c1-6-19-35-33(17-1)42(27-12-11-13-28(26-27)47-36-20-7-2-14-29(36)30-15-3-8-21-37(30)47)46-44(45-35)48-38-22-9-4-18-34(38)41-39(48)25-24-32-31-16-5-10-23-40(31)49-43(32)41/h1-10,13-26H,11-12H2. The molecule has 0 fully saturated rings. The second kappa shape index (κ2) is 10.0. The van der Waals surface area contributed by atoms with Gasteiger partial charge in [-0.2, -0.15) is 0 Å². The zero-order valence-corrected chi connectivity index (χ0v) is 26.5. The second-order valence-corrected chi connectivity index (χ2v) is 12.9. The number of hydrogen-bond acceptors (Lipinski definition) is 3. The highest BCUT2D eigenvalue weighted by Crippen LogP contribution is 2.41. The molecule has 5 heteroatoms. The van der Waals surface area contributed by atoms with Crippen LogP contribution in [-0.4, -0.2) is 19.1 Å². The van der Waals surface area contributed by atoms with Gasteiger partial charge in [0, 0.05) is 38.0 Å². The fourth-order valence-corrected chi connectivity index (χ4v) is 8.09. The predicted octanol–water partition coefficient (Wildman–Crippen LogP) is 11.5. The molecule has 0 spiro atoms. The maximum absolute atomic E-state index is 6.55. The van der Waals surface area contributed by atoms with Gasteiger partial charge in [-0.15, -0.1) is 0 Å². The van der Waals surface area contributed by atoms with E-state index in [1.54, 1.807) is 0 Å². The van der Waals surface area contributed by atoms with Crippen molar-refractivity contribution in [3.05, 3.63) is 151 Å². The molecular formula is C44H28N4O. The van der Waals surface area contributed by atoms with Crippen LogP contribution >= 0.6 is 0 Å². The Morgan fingerprint density at radius 2 is 1.14 bits per heavy atom. The molecule has 0 aliphatic heterocycles. The van der Waals surface area contributed by atoms with Gasteiger partial charge in [-0.1, -0.05) is 97.1 Å². The highest BCUT2D eigenvalue weighted by atomic mass is 16.3. The molecule has 6 aromatic carbocycles. The van der Waals surface area contributed by atoms with E-state index in [4.69, 9.17) is 14.4 Å². The van der Waals surface area contributed by atoms with Crippen molar-refractivity contribution >= 4 is 87.7 Å². The summed E-state index contributed by atoms with van der Waals surface area (Å²) in [5, 5.41) is 8.02. The second-order valence-electron chi connectivity index (χ2n) is 12.9. The molecule has 0 N–H and O–H groups in total. The number of rotatable bonds is 3. The van der Waals surface area contributed by atoms with Gasteiger partial charge in [0.2, 0.25) is 5.95 Å². The third kappa shape index (κ3) is 3.75. The molecule has 1 aliphatic carbocycles. The van der Waals surface area contributed by atoms with Crippen molar-refractivity contribution in [3.63, 3.8) is 0 Å². The minimum absolute atomic E-state index is 0.657. The molecule has 5 nitrogen and oxygen atoms in total. The van der Waals surface area contributed by atoms with E-state index in [1.807, 2.05) is 12.1 Å². The summed E-state index contributed by atoms with van der Waals surface area (Å²) >= 11 is 0. The molecule has 49 heavy (non-hydrogen) atoms. The van der Waals surface area contributed by atoms with E-state index in [-0.39, 0.29) is 0 Å². The van der Waals surface area contributed by atoms with Crippen molar-refractivity contribution in [1.82, 2.24) is 19.1 Å². The molecule has 4 aromatic heterocycles. The lowest BCUT2D eigenvalue weighted by Crippen LogP contribution is -2.06. The van der Waals surface area contributed by atoms with E-state index in [0.29, 0.717) is 5.95 Å². The van der Waals surface area contributed by atoms with Crippen LogP contribution in [0.15, 0.2) is 150 Å². The third-order valence-corrected chi connectivity index (χ3v) is 10.2. The molecule has 0 atom stereocenters. The summed E-state index contributed by atoms with van der Waals surface area (Å²) in [4.78, 5) is 10.7. The number of fused-ring (bicyclic) bond motifs is 11. The normalized spacial score (nSPS) is 13.8. The van der Waals surface area contributed by atoms with Gasteiger partial charge in [-0.25, -0.2) is 9.97 Å². The fourth-order valence-electron chi connectivity index (χ4n) is 8.09. The van der Waals surface area contributed by atoms with Crippen molar-refractivity contribution in [2.75, 3.05) is 0 Å². The van der Waals surface area contributed by atoms with Crippen LogP contribution in [0.5, 0.6) is 0 Å². The van der Waals surface area contributed by atoms with E-state index >= 15 is 0 Å². The van der Waals surface area contributed by atoms with E-state index in [0.717, 1.165) is 73.2 Å². The lowest BCUT2D eigenvalue weighted by atomic mass is 9.97. The average Bonchev–Trinajstić information content (AvgIpc) is 3.82. The maximum Gasteiger partial charge on any atom is 0.235 e. The third-order valence-electron chi connectivity index (χ3n) is 10.2. The Hall–Kier alpha value is -6.46. The van der Waals surface area contributed by atoms with Crippen molar-refractivity contribution in [3.8, 4) is 5.95 Å². The molecule has 0 radical (unpaired) electrons. The molecule has 0 saturated carbocycles. The number of aromatic nitrogens is 4. The summed E-state index contributed by atoms with van der Waals surface area (Å²) in [7, 11) is 0.